The van der Waals surface area contributed by atoms with Crippen molar-refractivity contribution in [1.29, 1.82) is 0 Å². The smallest absolute Gasteiger partial charge is 0.250 e. The maximum absolute atomic E-state index is 6.38. The van der Waals surface area contributed by atoms with Crippen LogP contribution in [0.3, 0.4) is 0 Å². The molecule has 0 spiro atoms. The summed E-state index contributed by atoms with van der Waals surface area (Å²) in [4.78, 5) is 1.30. The van der Waals surface area contributed by atoms with E-state index in [0.29, 0.717) is 5.25 Å². The van der Waals surface area contributed by atoms with Gasteiger partial charge in [-0.3, -0.25) is 0 Å². The Balaban J connectivity index is 2.08. The van der Waals surface area contributed by atoms with Gasteiger partial charge in [-0.25, -0.2) is 0 Å². The Hall–Kier alpha value is -0.933. The molecule has 0 fully saturated rings. The van der Waals surface area contributed by atoms with E-state index in [9.17, 15) is 0 Å². The molecule has 132 valence electrons. The van der Waals surface area contributed by atoms with Gasteiger partial charge in [-0.15, -0.1) is 11.8 Å². The number of thioether (sulfide) groups is 1. The lowest BCUT2D eigenvalue weighted by molar-refractivity contribution is 0.461. The van der Waals surface area contributed by atoms with Crippen LogP contribution in [0, 0.1) is 5.41 Å². The number of rotatable bonds is 4. The van der Waals surface area contributed by atoms with Crippen LogP contribution in [0.25, 0.3) is 0 Å². The zero-order chi connectivity index (χ0) is 18.2. The first-order valence-electron chi connectivity index (χ1n) is 8.75. The zero-order valence-electron chi connectivity index (χ0n) is 16.4. The topological polar surface area (TPSA) is 9.23 Å². The third kappa shape index (κ3) is 4.18. The van der Waals surface area contributed by atoms with Gasteiger partial charge in [-0.1, -0.05) is 58.4 Å². The van der Waals surface area contributed by atoms with E-state index >= 15 is 0 Å². The molecule has 0 N–H and O–H groups in total. The second-order valence-corrected chi connectivity index (χ2v) is 14.8. The zero-order valence-corrected chi connectivity index (χ0v) is 18.3. The fourth-order valence-corrected chi connectivity index (χ4v) is 4.62. The van der Waals surface area contributed by atoms with Gasteiger partial charge in [0, 0.05) is 15.6 Å². The molecule has 1 aliphatic carbocycles. The summed E-state index contributed by atoms with van der Waals surface area (Å²) in [6.45, 7) is 18.3. The summed E-state index contributed by atoms with van der Waals surface area (Å²) in [5.41, 5.74) is 1.64. The van der Waals surface area contributed by atoms with Crippen molar-refractivity contribution in [2.24, 2.45) is 5.41 Å². The molecule has 0 amide bonds. The van der Waals surface area contributed by atoms with Crippen LogP contribution in [-0.2, 0) is 0 Å². The van der Waals surface area contributed by atoms with E-state index in [-0.39, 0.29) is 10.5 Å². The predicted molar refractivity (Wildman–Crippen MR) is 111 cm³/mol. The van der Waals surface area contributed by atoms with E-state index < -0.39 is 8.32 Å². The summed E-state index contributed by atoms with van der Waals surface area (Å²) >= 11 is 1.94. The molecule has 1 aromatic carbocycles. The van der Waals surface area contributed by atoms with E-state index in [0.717, 1.165) is 5.75 Å². The fourth-order valence-electron chi connectivity index (χ4n) is 2.35. The van der Waals surface area contributed by atoms with Crippen LogP contribution in [0.15, 0.2) is 53.0 Å². The molecule has 0 saturated carbocycles. The minimum atomic E-state index is -1.76. The Kier molecular flexibility index (Phi) is 5.46. The van der Waals surface area contributed by atoms with Crippen LogP contribution in [0.4, 0.5) is 0 Å². The van der Waals surface area contributed by atoms with Gasteiger partial charge in [0.05, 0.1) is 0 Å². The lowest BCUT2D eigenvalue weighted by atomic mass is 9.79. The van der Waals surface area contributed by atoms with Crippen molar-refractivity contribution in [3.05, 3.63) is 48.1 Å². The van der Waals surface area contributed by atoms with Crippen LogP contribution in [0.5, 0.6) is 5.75 Å². The molecule has 3 heteroatoms. The Morgan fingerprint density at radius 1 is 1.08 bits per heavy atom. The summed E-state index contributed by atoms with van der Waals surface area (Å²) in [6, 6.07) is 8.66. The van der Waals surface area contributed by atoms with Gasteiger partial charge in [0.2, 0.25) is 8.32 Å². The standard InChI is InChI=1S/C21H32OSSi/c1-16-10-9-11-19(21(16,5)6)23-18-14-12-17(13-15-18)22-24(7,8)20(2,3)4/h9-15,19H,1-8H3. The van der Waals surface area contributed by atoms with Crippen molar-refractivity contribution in [2.45, 2.75) is 69.8 Å². The quantitative estimate of drug-likeness (QED) is 0.531. The van der Waals surface area contributed by atoms with Crippen LogP contribution in [-0.4, -0.2) is 13.6 Å². The van der Waals surface area contributed by atoms with E-state index in [1.165, 1.54) is 10.5 Å². The molecule has 2 rings (SSSR count). The first-order valence-corrected chi connectivity index (χ1v) is 12.5. The highest BCUT2D eigenvalue weighted by atomic mass is 32.2. The molecule has 0 aromatic heterocycles. The Labute approximate surface area is 153 Å². The molecule has 0 bridgehead atoms. The van der Waals surface area contributed by atoms with Crippen LogP contribution in [0.1, 0.15) is 41.5 Å². The molecule has 1 unspecified atom stereocenters. The molecule has 0 aliphatic heterocycles. The van der Waals surface area contributed by atoms with Gasteiger partial charge in [0.15, 0.2) is 0 Å². The molecular formula is C21H32OSSi. The lowest BCUT2D eigenvalue weighted by Crippen LogP contribution is -2.43. The third-order valence-electron chi connectivity index (χ3n) is 5.63. The Morgan fingerprint density at radius 3 is 2.21 bits per heavy atom. The van der Waals surface area contributed by atoms with Crippen LogP contribution in [0.2, 0.25) is 18.1 Å². The number of hydrogen-bond acceptors (Lipinski definition) is 2. The molecule has 0 saturated heterocycles. The van der Waals surface area contributed by atoms with Gasteiger partial charge in [-0.2, -0.15) is 0 Å². The first-order chi connectivity index (χ1) is 10.9. The van der Waals surface area contributed by atoms with Crippen molar-refractivity contribution in [2.75, 3.05) is 0 Å². The summed E-state index contributed by atoms with van der Waals surface area (Å²) in [7, 11) is -1.76. The van der Waals surface area contributed by atoms with E-state index in [1.54, 1.807) is 0 Å². The van der Waals surface area contributed by atoms with Crippen molar-refractivity contribution < 1.29 is 4.43 Å². The van der Waals surface area contributed by atoms with Gasteiger partial charge in [0.25, 0.3) is 0 Å². The second kappa shape index (κ2) is 6.76. The number of allylic oxidation sites excluding steroid dienone is 3. The Bertz CT molecular complexity index is 633. The summed E-state index contributed by atoms with van der Waals surface area (Å²) in [5, 5.41) is 0.691. The molecule has 1 aliphatic rings. The second-order valence-electron chi connectivity index (χ2n) is 8.83. The minimum Gasteiger partial charge on any atom is -0.544 e. The average molecular weight is 361 g/mol. The van der Waals surface area contributed by atoms with Gasteiger partial charge < -0.3 is 4.43 Å². The highest BCUT2D eigenvalue weighted by molar-refractivity contribution is 8.00. The van der Waals surface area contributed by atoms with E-state index in [2.05, 4.69) is 97.1 Å². The maximum Gasteiger partial charge on any atom is 0.250 e. The van der Waals surface area contributed by atoms with Gasteiger partial charge in [-0.05, 0) is 49.3 Å². The van der Waals surface area contributed by atoms with Crippen molar-refractivity contribution >= 4 is 20.1 Å². The highest BCUT2D eigenvalue weighted by Crippen LogP contribution is 2.44. The summed E-state index contributed by atoms with van der Waals surface area (Å²) in [6.07, 6.45) is 6.73. The predicted octanol–water partition coefficient (Wildman–Crippen LogP) is 7.07. The molecule has 24 heavy (non-hydrogen) atoms. The largest absolute Gasteiger partial charge is 0.544 e. The molecule has 1 atom stereocenters. The van der Waals surface area contributed by atoms with E-state index in [4.69, 9.17) is 4.43 Å². The van der Waals surface area contributed by atoms with Crippen LogP contribution < -0.4 is 4.43 Å². The fraction of sp³-hybridized carbons (Fsp3) is 0.524. The molecule has 0 heterocycles. The summed E-state index contributed by atoms with van der Waals surface area (Å²) < 4.78 is 6.38. The SMILES string of the molecule is CC1=CC=CC(Sc2ccc(O[Si](C)(C)C(C)(C)C)cc2)C1(C)C. The third-order valence-corrected chi connectivity index (χ3v) is 11.5. The van der Waals surface area contributed by atoms with Crippen molar-refractivity contribution in [3.63, 3.8) is 0 Å². The summed E-state index contributed by atoms with van der Waals surface area (Å²) in [5.74, 6) is 1.00. The van der Waals surface area contributed by atoms with Crippen LogP contribution >= 0.6 is 11.8 Å². The highest BCUT2D eigenvalue weighted by Gasteiger charge is 2.39. The maximum atomic E-state index is 6.38. The average Bonchev–Trinajstić information content (AvgIpc) is 2.45. The molecule has 1 nitrogen and oxygen atoms in total. The van der Waals surface area contributed by atoms with Gasteiger partial charge >= 0.3 is 0 Å². The molecule has 0 radical (unpaired) electrons. The normalized spacial score (nSPS) is 20.7. The molecule has 1 aromatic rings. The van der Waals surface area contributed by atoms with E-state index in [1.807, 2.05) is 11.8 Å². The molecular weight excluding hydrogens is 328 g/mol. The van der Waals surface area contributed by atoms with Gasteiger partial charge in [0.1, 0.15) is 5.75 Å². The first kappa shape index (κ1) is 19.4. The number of benzene rings is 1. The number of hydrogen-bond donors (Lipinski definition) is 0. The van der Waals surface area contributed by atoms with Crippen molar-refractivity contribution in [1.82, 2.24) is 0 Å². The van der Waals surface area contributed by atoms with Crippen molar-refractivity contribution in [3.8, 4) is 5.75 Å². The minimum absolute atomic E-state index is 0.190. The monoisotopic (exact) mass is 360 g/mol. The lowest BCUT2D eigenvalue weighted by Gasteiger charge is -2.36. The Morgan fingerprint density at radius 2 is 1.67 bits per heavy atom.